The van der Waals surface area contributed by atoms with E-state index in [9.17, 15) is 14.8 Å². The molecule has 4 aromatic rings. The maximum Gasteiger partial charge on any atom is 0.280 e. The van der Waals surface area contributed by atoms with Gasteiger partial charge in [0.2, 0.25) is 0 Å². The lowest BCUT2D eigenvalue weighted by molar-refractivity contribution is -0.991. The van der Waals surface area contributed by atoms with Gasteiger partial charge in [-0.15, -0.1) is 0 Å². The first-order valence-corrected chi connectivity index (χ1v) is 9.47. The van der Waals surface area contributed by atoms with E-state index >= 15 is 0 Å². The van der Waals surface area contributed by atoms with Crippen LogP contribution in [0.2, 0.25) is 0 Å². The molecule has 1 unspecified atom stereocenters. The zero-order chi connectivity index (χ0) is 21.8. The van der Waals surface area contributed by atoms with Crippen LogP contribution in [0.15, 0.2) is 83.7 Å². The molecular formula is C22H19N5O4. The second-order valence-electron chi connectivity index (χ2n) is 6.73. The van der Waals surface area contributed by atoms with E-state index in [-0.39, 0.29) is 17.8 Å². The lowest BCUT2D eigenvalue weighted by Crippen LogP contribution is -2.99. The van der Waals surface area contributed by atoms with Crippen LogP contribution < -0.4 is 21.5 Å². The number of carbonyl (C=O) groups is 1. The van der Waals surface area contributed by atoms with E-state index in [2.05, 4.69) is 15.7 Å². The molecule has 4 rings (SSSR count). The standard InChI is InChI=1S/C22H19N5O4/c28-20(14-23-16-10-12-17(13-11-16)27(30)31)25-26-21(15-6-2-1-3-7-15)24-19-9-5-4-8-18(19)22(26)29/h1-13,23,27,30H,14H2,(H,25,28). The minimum Gasteiger partial charge on any atom is -0.595 e. The summed E-state index contributed by atoms with van der Waals surface area (Å²) in [6.07, 6.45) is 0. The number of benzene rings is 3. The minimum absolute atomic E-state index is 0.125. The summed E-state index contributed by atoms with van der Waals surface area (Å²) in [7, 11) is 0. The highest BCUT2D eigenvalue weighted by molar-refractivity contribution is 5.89. The van der Waals surface area contributed by atoms with Crippen molar-refractivity contribution >= 4 is 28.2 Å². The topological polar surface area (TPSA) is 124 Å². The van der Waals surface area contributed by atoms with E-state index in [1.807, 2.05) is 30.3 Å². The van der Waals surface area contributed by atoms with Gasteiger partial charge < -0.3 is 10.5 Å². The fourth-order valence-corrected chi connectivity index (χ4v) is 3.09. The van der Waals surface area contributed by atoms with Crippen molar-refractivity contribution in [3.63, 3.8) is 0 Å². The van der Waals surface area contributed by atoms with Crippen LogP contribution in [-0.4, -0.2) is 27.3 Å². The third kappa shape index (κ3) is 4.43. The monoisotopic (exact) mass is 417 g/mol. The number of aromatic nitrogens is 2. The van der Waals surface area contributed by atoms with Gasteiger partial charge in [-0.3, -0.25) is 15.0 Å². The Labute approximate surface area is 176 Å². The molecule has 0 saturated carbocycles. The predicted molar refractivity (Wildman–Crippen MR) is 117 cm³/mol. The molecule has 0 saturated heterocycles. The van der Waals surface area contributed by atoms with Crippen LogP contribution in [0.5, 0.6) is 0 Å². The Kier molecular flexibility index (Phi) is 5.72. The lowest BCUT2D eigenvalue weighted by atomic mass is 10.2. The molecule has 4 N–H and O–H groups in total. The summed E-state index contributed by atoms with van der Waals surface area (Å²) >= 11 is 0. The van der Waals surface area contributed by atoms with Crippen LogP contribution in [0.1, 0.15) is 0 Å². The Bertz CT molecular complexity index is 1270. The van der Waals surface area contributed by atoms with Crippen molar-refractivity contribution in [1.82, 2.24) is 9.66 Å². The zero-order valence-electron chi connectivity index (χ0n) is 16.3. The van der Waals surface area contributed by atoms with Crippen LogP contribution in [0.3, 0.4) is 0 Å². The molecule has 9 heteroatoms. The Balaban J connectivity index is 1.60. The molecule has 0 aliphatic carbocycles. The molecular weight excluding hydrogens is 398 g/mol. The number of nitrogens with zero attached hydrogens (tertiary/aromatic N) is 2. The number of hydrogen-bond donors (Lipinski definition) is 4. The summed E-state index contributed by atoms with van der Waals surface area (Å²) in [4.78, 5) is 30.2. The molecule has 1 aromatic heterocycles. The van der Waals surface area contributed by atoms with Crippen molar-refractivity contribution in [2.75, 3.05) is 17.3 Å². The van der Waals surface area contributed by atoms with Crippen molar-refractivity contribution in [1.29, 1.82) is 0 Å². The largest absolute Gasteiger partial charge is 0.595 e. The van der Waals surface area contributed by atoms with Gasteiger partial charge in [0.1, 0.15) is 0 Å². The van der Waals surface area contributed by atoms with Gasteiger partial charge in [0.15, 0.2) is 11.5 Å². The normalized spacial score (nSPS) is 11.8. The molecule has 1 amide bonds. The predicted octanol–water partition coefficient (Wildman–Crippen LogP) is 1.65. The molecule has 0 aliphatic rings. The molecule has 1 heterocycles. The zero-order valence-corrected chi connectivity index (χ0v) is 16.3. The molecule has 3 aromatic carbocycles. The summed E-state index contributed by atoms with van der Waals surface area (Å²) in [5.74, 6) is -0.137. The van der Waals surface area contributed by atoms with Gasteiger partial charge in [-0.2, -0.15) is 9.90 Å². The first-order valence-electron chi connectivity index (χ1n) is 9.47. The number of para-hydroxylation sites is 1. The van der Waals surface area contributed by atoms with Crippen molar-refractivity contribution in [3.8, 4) is 11.4 Å². The van der Waals surface area contributed by atoms with Crippen LogP contribution in [0.25, 0.3) is 22.3 Å². The van der Waals surface area contributed by atoms with Crippen molar-refractivity contribution in [3.05, 3.63) is 94.4 Å². The van der Waals surface area contributed by atoms with E-state index in [0.29, 0.717) is 28.0 Å². The minimum atomic E-state index is -1.03. The van der Waals surface area contributed by atoms with Crippen molar-refractivity contribution in [2.45, 2.75) is 0 Å². The fourth-order valence-electron chi connectivity index (χ4n) is 3.09. The van der Waals surface area contributed by atoms with Gasteiger partial charge in [0, 0.05) is 23.4 Å². The molecule has 0 fully saturated rings. The summed E-state index contributed by atoms with van der Waals surface area (Å²) in [6, 6.07) is 22.1. The first-order chi connectivity index (χ1) is 15.0. The van der Waals surface area contributed by atoms with Gasteiger partial charge >= 0.3 is 0 Å². The van der Waals surface area contributed by atoms with Crippen LogP contribution in [0.4, 0.5) is 11.4 Å². The Morgan fingerprint density at radius 1 is 1.00 bits per heavy atom. The van der Waals surface area contributed by atoms with Crippen LogP contribution in [-0.2, 0) is 4.79 Å². The molecule has 1 atom stereocenters. The summed E-state index contributed by atoms with van der Waals surface area (Å²) in [5, 5.41) is 22.2. The average Bonchev–Trinajstić information content (AvgIpc) is 2.80. The third-order valence-corrected chi connectivity index (χ3v) is 4.63. The number of hydrogen-bond acceptors (Lipinski definition) is 6. The molecule has 156 valence electrons. The first kappa shape index (κ1) is 20.2. The van der Waals surface area contributed by atoms with E-state index in [4.69, 9.17) is 5.21 Å². The van der Waals surface area contributed by atoms with Crippen LogP contribution in [0, 0.1) is 5.21 Å². The second-order valence-corrected chi connectivity index (χ2v) is 6.73. The highest BCUT2D eigenvalue weighted by atomic mass is 16.8. The summed E-state index contributed by atoms with van der Waals surface area (Å²) in [6.45, 7) is -0.125. The highest BCUT2D eigenvalue weighted by Crippen LogP contribution is 2.17. The van der Waals surface area contributed by atoms with E-state index in [1.54, 1.807) is 36.4 Å². The van der Waals surface area contributed by atoms with Gasteiger partial charge in [-0.05, 0) is 24.3 Å². The van der Waals surface area contributed by atoms with Crippen LogP contribution >= 0.6 is 0 Å². The second kappa shape index (κ2) is 8.76. The van der Waals surface area contributed by atoms with Gasteiger partial charge in [0.25, 0.3) is 11.5 Å². The summed E-state index contributed by atoms with van der Waals surface area (Å²) < 4.78 is 1.15. The maximum absolute atomic E-state index is 13.1. The van der Waals surface area contributed by atoms with E-state index in [1.165, 1.54) is 12.1 Å². The highest BCUT2D eigenvalue weighted by Gasteiger charge is 2.15. The maximum atomic E-state index is 13.1. The molecule has 31 heavy (non-hydrogen) atoms. The number of amides is 1. The van der Waals surface area contributed by atoms with E-state index in [0.717, 1.165) is 4.68 Å². The number of nitrogens with one attached hydrogen (secondary N) is 3. The quantitative estimate of drug-likeness (QED) is 0.354. The number of anilines is 1. The van der Waals surface area contributed by atoms with Crippen molar-refractivity contribution < 1.29 is 15.2 Å². The van der Waals surface area contributed by atoms with Gasteiger partial charge in [0.05, 0.1) is 17.4 Å². The molecule has 9 nitrogen and oxygen atoms in total. The number of carbonyl (C=O) groups excluding carboxylic acids is 1. The van der Waals surface area contributed by atoms with Gasteiger partial charge in [-0.25, -0.2) is 10.2 Å². The fraction of sp³-hybridized carbons (Fsp3) is 0.0455. The SMILES string of the molecule is O=C(CNc1ccc([NH+]([O-])O)cc1)Nn1c(-c2ccccc2)nc2ccccc2c1=O. The smallest absolute Gasteiger partial charge is 0.280 e. The molecule has 0 aliphatic heterocycles. The average molecular weight is 417 g/mol. The number of rotatable bonds is 6. The third-order valence-electron chi connectivity index (χ3n) is 4.63. The number of quaternary nitrogens is 1. The molecule has 0 spiro atoms. The van der Waals surface area contributed by atoms with Gasteiger partial charge in [-0.1, -0.05) is 42.5 Å². The van der Waals surface area contributed by atoms with Crippen molar-refractivity contribution in [2.24, 2.45) is 0 Å². The number of fused-ring (bicyclic) bond motifs is 1. The molecule has 0 bridgehead atoms. The molecule has 0 radical (unpaired) electrons. The Morgan fingerprint density at radius 2 is 1.68 bits per heavy atom. The Hall–Kier alpha value is -4.05. The van der Waals surface area contributed by atoms with E-state index < -0.39 is 11.1 Å². The summed E-state index contributed by atoms with van der Waals surface area (Å²) in [5.41, 5.74) is 4.17. The Morgan fingerprint density at radius 3 is 2.39 bits per heavy atom. The lowest BCUT2D eigenvalue weighted by Gasteiger charge is -2.15.